The van der Waals surface area contributed by atoms with E-state index in [2.05, 4.69) is 23.0 Å². The maximum Gasteiger partial charge on any atom is 0.256 e. The minimum Gasteiger partial charge on any atom is -0.381 e. The van der Waals surface area contributed by atoms with Crippen molar-refractivity contribution in [1.82, 2.24) is 19.4 Å². The van der Waals surface area contributed by atoms with Crippen LogP contribution in [0.2, 0.25) is 0 Å². The quantitative estimate of drug-likeness (QED) is 0.473. The van der Waals surface area contributed by atoms with Crippen LogP contribution in [0.15, 0.2) is 36.8 Å². The van der Waals surface area contributed by atoms with Crippen molar-refractivity contribution in [1.29, 1.82) is 0 Å². The number of rotatable bonds is 7. The van der Waals surface area contributed by atoms with E-state index in [-0.39, 0.29) is 11.9 Å². The summed E-state index contributed by atoms with van der Waals surface area (Å²) < 4.78 is 21.8. The minimum absolute atomic E-state index is 0.0113. The Morgan fingerprint density at radius 1 is 1.19 bits per heavy atom. The highest BCUT2D eigenvalue weighted by Gasteiger charge is 2.30. The monoisotopic (exact) mass is 492 g/mol. The lowest BCUT2D eigenvalue weighted by Crippen LogP contribution is -2.49. The Balaban J connectivity index is 1.43. The Bertz CT molecular complexity index is 1240. The summed E-state index contributed by atoms with van der Waals surface area (Å²) in [7, 11) is 1.76. The zero-order chi connectivity index (χ0) is 25.4. The molecule has 36 heavy (non-hydrogen) atoms. The molecule has 0 spiro atoms. The van der Waals surface area contributed by atoms with Gasteiger partial charge in [0.2, 0.25) is 0 Å². The number of benzene rings is 1. The normalized spacial score (nSPS) is 17.6. The molecule has 0 bridgehead atoms. The van der Waals surface area contributed by atoms with Crippen LogP contribution in [-0.2, 0) is 11.2 Å². The van der Waals surface area contributed by atoms with Gasteiger partial charge in [-0.15, -0.1) is 0 Å². The van der Waals surface area contributed by atoms with Gasteiger partial charge >= 0.3 is 0 Å². The van der Waals surface area contributed by atoms with E-state index in [1.807, 2.05) is 30.8 Å². The predicted octanol–water partition coefficient (Wildman–Crippen LogP) is 4.85. The summed E-state index contributed by atoms with van der Waals surface area (Å²) in [5, 5.41) is 1.19. The van der Waals surface area contributed by atoms with E-state index in [0.717, 1.165) is 49.7 Å². The van der Waals surface area contributed by atoms with E-state index in [1.54, 1.807) is 18.0 Å². The number of fused-ring (bicyclic) bond motifs is 1. The van der Waals surface area contributed by atoms with E-state index in [4.69, 9.17) is 4.74 Å². The fourth-order valence-corrected chi connectivity index (χ4v) is 5.67. The van der Waals surface area contributed by atoms with Gasteiger partial charge in [0.15, 0.2) is 0 Å². The van der Waals surface area contributed by atoms with E-state index in [0.29, 0.717) is 17.2 Å². The molecule has 6 nitrogen and oxygen atoms in total. The lowest BCUT2D eigenvalue weighted by atomic mass is 9.89. The molecule has 2 aliphatic heterocycles. The summed E-state index contributed by atoms with van der Waals surface area (Å²) in [5.74, 6) is 0.766. The smallest absolute Gasteiger partial charge is 0.256 e. The lowest BCUT2D eigenvalue weighted by Gasteiger charge is -2.42. The van der Waals surface area contributed by atoms with Crippen LogP contribution in [0.5, 0.6) is 0 Å². The molecule has 1 aromatic carbocycles. The van der Waals surface area contributed by atoms with Crippen molar-refractivity contribution >= 4 is 16.8 Å². The van der Waals surface area contributed by atoms with Gasteiger partial charge in [-0.1, -0.05) is 0 Å². The van der Waals surface area contributed by atoms with Crippen LogP contribution >= 0.6 is 0 Å². The summed E-state index contributed by atoms with van der Waals surface area (Å²) in [5.41, 5.74) is 4.39. The number of carbonyl (C=O) groups is 1. The van der Waals surface area contributed by atoms with Gasteiger partial charge in [0.05, 0.1) is 23.0 Å². The second kappa shape index (κ2) is 10.3. The largest absolute Gasteiger partial charge is 0.381 e. The molecular weight excluding hydrogens is 455 g/mol. The molecule has 7 heteroatoms. The van der Waals surface area contributed by atoms with E-state index in [9.17, 15) is 9.18 Å². The summed E-state index contributed by atoms with van der Waals surface area (Å²) >= 11 is 0. The molecule has 0 N–H and O–H groups in total. The van der Waals surface area contributed by atoms with E-state index in [1.165, 1.54) is 42.5 Å². The van der Waals surface area contributed by atoms with Gasteiger partial charge in [-0.25, -0.2) is 4.39 Å². The van der Waals surface area contributed by atoms with Gasteiger partial charge in [0.1, 0.15) is 5.82 Å². The highest BCUT2D eigenvalue weighted by atomic mass is 19.1. The molecule has 3 aromatic rings. The molecule has 2 aromatic heterocycles. The Hall–Kier alpha value is -2.77. The number of hydrogen-bond donors (Lipinski definition) is 0. The standard InChI is InChI=1S/C29H37FN4O2/c1-19(2)32(4)29(35)25-12-24(30)5-6-26(25)34-18-23(28-20(3)13-31-14-27(28)34)11-22-16-33(17-22)15-21-7-9-36-10-8-21/h5-6,12-14,18-19,21-22H,7-11,15-17H2,1-4H3. The molecule has 2 saturated heterocycles. The molecular formula is C29H37FN4O2. The highest BCUT2D eigenvalue weighted by molar-refractivity contribution is 5.99. The van der Waals surface area contributed by atoms with Crippen molar-refractivity contribution in [3.05, 3.63) is 59.3 Å². The lowest BCUT2D eigenvalue weighted by molar-refractivity contribution is 0.0254. The van der Waals surface area contributed by atoms with Gasteiger partial charge in [0, 0.05) is 63.7 Å². The summed E-state index contributed by atoms with van der Waals surface area (Å²) in [4.78, 5) is 22.0. The van der Waals surface area contributed by atoms with Gasteiger partial charge in [-0.05, 0) is 81.2 Å². The van der Waals surface area contributed by atoms with Crippen LogP contribution in [0, 0.1) is 24.6 Å². The van der Waals surface area contributed by atoms with Crippen LogP contribution in [0.25, 0.3) is 16.6 Å². The number of likely N-dealkylation sites (tertiary alicyclic amines) is 1. The average Bonchev–Trinajstić information content (AvgIpc) is 3.21. The third-order valence-corrected chi connectivity index (χ3v) is 7.92. The highest BCUT2D eigenvalue weighted by Crippen LogP contribution is 2.33. The maximum absolute atomic E-state index is 14.3. The number of ether oxygens (including phenoxy) is 1. The molecule has 2 fully saturated rings. The van der Waals surface area contributed by atoms with Gasteiger partial charge < -0.3 is 19.1 Å². The van der Waals surface area contributed by atoms with Crippen LogP contribution in [-0.4, -0.2) is 71.2 Å². The summed E-state index contributed by atoms with van der Waals surface area (Å²) in [6.07, 6.45) is 9.22. The van der Waals surface area contributed by atoms with Gasteiger partial charge in [0.25, 0.3) is 5.91 Å². The van der Waals surface area contributed by atoms with Crippen LogP contribution in [0.4, 0.5) is 4.39 Å². The van der Waals surface area contributed by atoms with E-state index < -0.39 is 5.82 Å². The number of aryl methyl sites for hydroxylation is 1. The zero-order valence-electron chi connectivity index (χ0n) is 21.8. The maximum atomic E-state index is 14.3. The van der Waals surface area contributed by atoms with E-state index >= 15 is 0 Å². The third kappa shape index (κ3) is 4.91. The number of amides is 1. The van der Waals surface area contributed by atoms with Crippen LogP contribution < -0.4 is 0 Å². The van der Waals surface area contributed by atoms with Crippen molar-refractivity contribution in [2.45, 2.75) is 46.1 Å². The molecule has 0 unspecified atom stereocenters. The van der Waals surface area contributed by atoms with Gasteiger partial charge in [-0.2, -0.15) is 0 Å². The first-order valence-corrected chi connectivity index (χ1v) is 13.1. The first-order valence-electron chi connectivity index (χ1n) is 13.1. The Labute approximate surface area is 213 Å². The average molecular weight is 493 g/mol. The summed E-state index contributed by atoms with van der Waals surface area (Å²) in [6, 6.07) is 4.50. The Morgan fingerprint density at radius 2 is 1.94 bits per heavy atom. The molecule has 4 heterocycles. The van der Waals surface area contributed by atoms with Crippen molar-refractivity contribution in [2.75, 3.05) is 39.9 Å². The molecule has 1 amide bonds. The first kappa shape index (κ1) is 24.9. The van der Waals surface area contributed by atoms with Crippen molar-refractivity contribution < 1.29 is 13.9 Å². The zero-order valence-corrected chi connectivity index (χ0v) is 21.8. The topological polar surface area (TPSA) is 50.6 Å². The molecule has 5 rings (SSSR count). The van der Waals surface area contributed by atoms with Crippen molar-refractivity contribution in [3.8, 4) is 5.69 Å². The Kier molecular flexibility index (Phi) is 7.13. The second-order valence-electron chi connectivity index (χ2n) is 10.9. The number of pyridine rings is 1. The fraction of sp³-hybridized carbons (Fsp3) is 0.517. The van der Waals surface area contributed by atoms with Crippen LogP contribution in [0.3, 0.4) is 0 Å². The molecule has 0 saturated carbocycles. The fourth-order valence-electron chi connectivity index (χ4n) is 5.67. The number of hydrogen-bond acceptors (Lipinski definition) is 4. The number of nitrogens with zero attached hydrogens (tertiary/aromatic N) is 4. The molecule has 0 radical (unpaired) electrons. The molecule has 192 valence electrons. The van der Waals surface area contributed by atoms with Crippen molar-refractivity contribution in [3.63, 3.8) is 0 Å². The third-order valence-electron chi connectivity index (χ3n) is 7.92. The number of carbonyl (C=O) groups excluding carboxylic acids is 1. The Morgan fingerprint density at radius 3 is 2.67 bits per heavy atom. The van der Waals surface area contributed by atoms with Crippen LogP contribution in [0.1, 0.15) is 48.2 Å². The first-order chi connectivity index (χ1) is 17.3. The molecule has 2 aliphatic rings. The predicted molar refractivity (Wildman–Crippen MR) is 140 cm³/mol. The van der Waals surface area contributed by atoms with Crippen molar-refractivity contribution in [2.24, 2.45) is 11.8 Å². The minimum atomic E-state index is -0.413. The number of halogens is 1. The van der Waals surface area contributed by atoms with Gasteiger partial charge in [-0.3, -0.25) is 9.78 Å². The number of aromatic nitrogens is 2. The summed E-state index contributed by atoms with van der Waals surface area (Å²) in [6.45, 7) is 11.2. The molecule has 0 aliphatic carbocycles. The second-order valence-corrected chi connectivity index (χ2v) is 10.9. The SMILES string of the molecule is Cc1cncc2c1c(CC1CN(CC3CCOCC3)C1)cn2-c1ccc(F)cc1C(=O)N(C)C(C)C. The molecule has 0 atom stereocenters.